The third-order valence-electron chi connectivity index (χ3n) is 2.65. The molecular weight excluding hydrogens is 333 g/mol. The van der Waals surface area contributed by atoms with Gasteiger partial charge in [-0.1, -0.05) is 35.3 Å². The number of halogens is 3. The van der Waals surface area contributed by atoms with Gasteiger partial charge in [-0.25, -0.2) is 0 Å². The van der Waals surface area contributed by atoms with Gasteiger partial charge in [0, 0.05) is 21.2 Å². The number of hydrogen-bond acceptors (Lipinski definition) is 1. The van der Waals surface area contributed by atoms with Crippen LogP contribution in [0.25, 0.3) is 0 Å². The van der Waals surface area contributed by atoms with Crippen molar-refractivity contribution in [3.05, 3.63) is 62.5 Å². The van der Waals surface area contributed by atoms with Crippen LogP contribution in [0.3, 0.4) is 0 Å². The molecule has 0 radical (unpaired) electrons. The summed E-state index contributed by atoms with van der Waals surface area (Å²) in [6.45, 7) is 2.08. The molecule has 4 heteroatoms. The molecule has 1 nitrogen and oxygen atoms in total. The maximum atomic E-state index is 6.06. The van der Waals surface area contributed by atoms with Crippen LogP contribution in [-0.2, 0) is 0 Å². The van der Waals surface area contributed by atoms with Crippen molar-refractivity contribution in [2.75, 3.05) is 5.32 Å². The van der Waals surface area contributed by atoms with Gasteiger partial charge in [0.05, 0.1) is 5.02 Å². The predicted molar refractivity (Wildman–Crippen MR) is 82.6 cm³/mol. The van der Waals surface area contributed by atoms with Gasteiger partial charge in [-0.2, -0.15) is 0 Å². The second kappa shape index (κ2) is 5.96. The van der Waals surface area contributed by atoms with E-state index in [9.17, 15) is 0 Å². The molecule has 0 heterocycles. The minimum absolute atomic E-state index is 0.168. The van der Waals surface area contributed by atoms with E-state index in [2.05, 4.69) is 28.2 Å². The highest BCUT2D eigenvalue weighted by atomic mass is 79.9. The molecule has 0 aliphatic heterocycles. The minimum Gasteiger partial charge on any atom is -0.378 e. The summed E-state index contributed by atoms with van der Waals surface area (Å²) in [5.74, 6) is 0. The highest BCUT2D eigenvalue weighted by Crippen LogP contribution is 2.28. The Bertz CT molecular complexity index is 557. The van der Waals surface area contributed by atoms with Crippen molar-refractivity contribution in [2.24, 2.45) is 0 Å². The lowest BCUT2D eigenvalue weighted by Gasteiger charge is -2.16. The molecule has 0 fully saturated rings. The fourth-order valence-electron chi connectivity index (χ4n) is 1.70. The molecule has 1 atom stereocenters. The van der Waals surface area contributed by atoms with Crippen LogP contribution in [0.1, 0.15) is 18.5 Å². The number of rotatable bonds is 3. The van der Waals surface area contributed by atoms with E-state index in [0.29, 0.717) is 5.02 Å². The van der Waals surface area contributed by atoms with Crippen molar-refractivity contribution in [2.45, 2.75) is 13.0 Å². The Balaban J connectivity index is 2.16. The van der Waals surface area contributed by atoms with Crippen molar-refractivity contribution in [1.82, 2.24) is 0 Å². The maximum Gasteiger partial charge on any atom is 0.0568 e. The molecule has 0 aliphatic rings. The van der Waals surface area contributed by atoms with Crippen LogP contribution in [0.15, 0.2) is 46.9 Å². The van der Waals surface area contributed by atoms with E-state index in [0.717, 1.165) is 20.7 Å². The maximum absolute atomic E-state index is 6.06. The van der Waals surface area contributed by atoms with E-state index in [1.165, 1.54) is 0 Å². The van der Waals surface area contributed by atoms with Crippen LogP contribution in [0.4, 0.5) is 5.69 Å². The summed E-state index contributed by atoms with van der Waals surface area (Å²) in [7, 11) is 0. The molecule has 0 saturated carbocycles. The van der Waals surface area contributed by atoms with Gasteiger partial charge in [-0.3, -0.25) is 0 Å². The first-order valence-electron chi connectivity index (χ1n) is 5.53. The van der Waals surface area contributed by atoms with E-state index in [1.807, 2.05) is 42.5 Å². The second-order valence-corrected chi connectivity index (χ2v) is 5.75. The first kappa shape index (κ1) is 13.7. The zero-order valence-corrected chi connectivity index (χ0v) is 12.9. The highest BCUT2D eigenvalue weighted by molar-refractivity contribution is 9.10. The van der Waals surface area contributed by atoms with Gasteiger partial charge in [0.1, 0.15) is 0 Å². The standard InChI is InChI=1S/C14H12BrCl2N/c1-9(10-3-2-4-11(16)7-10)18-12-5-6-13(15)14(17)8-12/h2-9,18H,1H3. The molecular formula is C14H12BrCl2N. The van der Waals surface area contributed by atoms with Crippen LogP contribution in [0.2, 0.25) is 10.0 Å². The zero-order chi connectivity index (χ0) is 13.1. The number of benzene rings is 2. The van der Waals surface area contributed by atoms with Gasteiger partial charge in [0.15, 0.2) is 0 Å². The molecule has 2 rings (SSSR count). The molecule has 0 saturated heterocycles. The fourth-order valence-corrected chi connectivity index (χ4v) is 2.32. The Hall–Kier alpha value is -0.700. The molecule has 0 aromatic heterocycles. The molecule has 18 heavy (non-hydrogen) atoms. The van der Waals surface area contributed by atoms with Gasteiger partial charge in [-0.15, -0.1) is 0 Å². The molecule has 0 amide bonds. The third kappa shape index (κ3) is 3.41. The van der Waals surface area contributed by atoms with Crippen molar-refractivity contribution in [3.8, 4) is 0 Å². The Morgan fingerprint density at radius 3 is 2.56 bits per heavy atom. The van der Waals surface area contributed by atoms with Crippen molar-refractivity contribution in [3.63, 3.8) is 0 Å². The Kier molecular flexibility index (Phi) is 4.55. The Morgan fingerprint density at radius 1 is 1.11 bits per heavy atom. The Labute approximate surface area is 125 Å². The molecule has 0 spiro atoms. The average molecular weight is 345 g/mol. The van der Waals surface area contributed by atoms with Gasteiger partial charge < -0.3 is 5.32 Å². The molecule has 2 aromatic carbocycles. The summed E-state index contributed by atoms with van der Waals surface area (Å²) in [5.41, 5.74) is 2.12. The lowest BCUT2D eigenvalue weighted by Crippen LogP contribution is -2.06. The topological polar surface area (TPSA) is 12.0 Å². The van der Waals surface area contributed by atoms with Crippen molar-refractivity contribution < 1.29 is 0 Å². The van der Waals surface area contributed by atoms with E-state index in [4.69, 9.17) is 23.2 Å². The molecule has 1 unspecified atom stereocenters. The largest absolute Gasteiger partial charge is 0.378 e. The van der Waals surface area contributed by atoms with Crippen LogP contribution < -0.4 is 5.32 Å². The summed E-state index contributed by atoms with van der Waals surface area (Å²) in [6.07, 6.45) is 0. The highest BCUT2D eigenvalue weighted by Gasteiger charge is 2.06. The quantitative estimate of drug-likeness (QED) is 0.727. The molecule has 0 aliphatic carbocycles. The van der Waals surface area contributed by atoms with E-state index in [1.54, 1.807) is 0 Å². The van der Waals surface area contributed by atoms with Gasteiger partial charge in [-0.05, 0) is 58.7 Å². The smallest absolute Gasteiger partial charge is 0.0568 e. The summed E-state index contributed by atoms with van der Waals surface area (Å²) in [4.78, 5) is 0. The summed E-state index contributed by atoms with van der Waals surface area (Å²) in [6, 6.07) is 13.8. The van der Waals surface area contributed by atoms with Gasteiger partial charge in [0.2, 0.25) is 0 Å². The lowest BCUT2D eigenvalue weighted by molar-refractivity contribution is 0.885. The summed E-state index contributed by atoms with van der Waals surface area (Å²) in [5, 5.41) is 4.83. The molecule has 94 valence electrons. The zero-order valence-electron chi connectivity index (χ0n) is 9.75. The number of anilines is 1. The first-order chi connectivity index (χ1) is 8.56. The molecule has 1 N–H and O–H groups in total. The monoisotopic (exact) mass is 343 g/mol. The van der Waals surface area contributed by atoms with Crippen LogP contribution in [0, 0.1) is 0 Å². The van der Waals surface area contributed by atoms with Crippen LogP contribution >= 0.6 is 39.1 Å². The normalized spacial score (nSPS) is 12.2. The fraction of sp³-hybridized carbons (Fsp3) is 0.143. The van der Waals surface area contributed by atoms with Gasteiger partial charge in [0.25, 0.3) is 0 Å². The predicted octanol–water partition coefficient (Wildman–Crippen LogP) is 5.93. The van der Waals surface area contributed by atoms with Gasteiger partial charge >= 0.3 is 0 Å². The molecule has 2 aromatic rings. The number of hydrogen-bond donors (Lipinski definition) is 1. The summed E-state index contributed by atoms with van der Waals surface area (Å²) < 4.78 is 0.894. The second-order valence-electron chi connectivity index (χ2n) is 4.05. The SMILES string of the molecule is CC(Nc1ccc(Br)c(Cl)c1)c1cccc(Cl)c1. The van der Waals surface area contributed by atoms with E-state index < -0.39 is 0 Å². The third-order valence-corrected chi connectivity index (χ3v) is 4.12. The van der Waals surface area contributed by atoms with E-state index >= 15 is 0 Å². The first-order valence-corrected chi connectivity index (χ1v) is 7.08. The van der Waals surface area contributed by atoms with Crippen LogP contribution in [0.5, 0.6) is 0 Å². The molecule has 0 bridgehead atoms. The summed E-state index contributed by atoms with van der Waals surface area (Å²) >= 11 is 15.4. The minimum atomic E-state index is 0.168. The average Bonchev–Trinajstić information content (AvgIpc) is 2.34. The van der Waals surface area contributed by atoms with Crippen molar-refractivity contribution >= 4 is 44.8 Å². The van der Waals surface area contributed by atoms with Crippen molar-refractivity contribution in [1.29, 1.82) is 0 Å². The Morgan fingerprint density at radius 2 is 1.89 bits per heavy atom. The van der Waals surface area contributed by atoms with Crippen LogP contribution in [-0.4, -0.2) is 0 Å². The van der Waals surface area contributed by atoms with E-state index in [-0.39, 0.29) is 6.04 Å². The number of nitrogens with one attached hydrogen (secondary N) is 1. The lowest BCUT2D eigenvalue weighted by atomic mass is 10.1.